The Kier molecular flexibility index (Phi) is 7.16. The summed E-state index contributed by atoms with van der Waals surface area (Å²) in [5, 5.41) is 15.5. The van der Waals surface area contributed by atoms with Gasteiger partial charge in [-0.15, -0.1) is 0 Å². The Morgan fingerprint density at radius 2 is 0.893 bits per heavy atom. The Labute approximate surface area is 322 Å². The van der Waals surface area contributed by atoms with Gasteiger partial charge in [0.05, 0.1) is 44.9 Å². The lowest BCUT2D eigenvalue weighted by Crippen LogP contribution is -1.97. The number of nitrogens with zero attached hydrogens (tertiary/aromatic N) is 5. The smallest absolute Gasteiger partial charge is 0.160 e. The largest absolute Gasteiger partial charge is 0.309 e. The quantitative estimate of drug-likeness (QED) is 0.178. The number of fused-ring (bicyclic) bond motifs is 7. The molecule has 3 heterocycles. The van der Waals surface area contributed by atoms with E-state index < -0.39 is 0 Å². The fraction of sp³-hybridized carbons (Fsp3) is 0. The van der Waals surface area contributed by atoms with E-state index in [1.807, 2.05) is 18.2 Å². The average Bonchev–Trinajstić information content (AvgIpc) is 3.79. The van der Waals surface area contributed by atoms with Crippen LogP contribution in [0.5, 0.6) is 0 Å². The minimum atomic E-state index is 0.574. The van der Waals surface area contributed by atoms with Crippen molar-refractivity contribution in [2.75, 3.05) is 0 Å². The predicted octanol–water partition coefficient (Wildman–Crippen LogP) is 12.7. The molecule has 11 aromatic rings. The Morgan fingerprint density at radius 1 is 0.375 bits per heavy atom. The molecule has 0 amide bonds. The first-order chi connectivity index (χ1) is 27.7. The molecular weight excluding hydrogens is 683 g/mol. The molecule has 0 aliphatic rings. The Bertz CT molecular complexity index is 3290. The molecule has 0 atom stereocenters. The number of benzene rings is 8. The molecule has 11 rings (SSSR count). The molecule has 5 nitrogen and oxygen atoms in total. The molecule has 0 bridgehead atoms. The van der Waals surface area contributed by atoms with Gasteiger partial charge in [0.2, 0.25) is 0 Å². The minimum absolute atomic E-state index is 0.574. The van der Waals surface area contributed by atoms with Gasteiger partial charge < -0.3 is 9.13 Å². The summed E-state index contributed by atoms with van der Waals surface area (Å²) in [6, 6.07) is 67.9. The van der Waals surface area contributed by atoms with E-state index in [1.54, 1.807) is 0 Å². The highest BCUT2D eigenvalue weighted by Gasteiger charge is 2.17. The SMILES string of the molecule is N#Cc1ccc2nc(-c3ccc(-c4ccc5c(c4)c4ccccc4n5-c4ccccc4)cc3)nc(-c3ccc(-n4c5ccccc5c5ccccc54)cc3)c2c1. The predicted molar refractivity (Wildman–Crippen MR) is 229 cm³/mol. The van der Waals surface area contributed by atoms with Crippen LogP contribution >= 0.6 is 0 Å². The number of rotatable bonds is 5. The maximum absolute atomic E-state index is 9.80. The molecule has 0 fully saturated rings. The summed E-state index contributed by atoms with van der Waals surface area (Å²) in [5.41, 5.74) is 13.2. The molecule has 0 aliphatic heterocycles. The van der Waals surface area contributed by atoms with E-state index in [2.05, 4.69) is 185 Å². The zero-order valence-corrected chi connectivity index (χ0v) is 30.1. The summed E-state index contributed by atoms with van der Waals surface area (Å²) in [6.07, 6.45) is 0. The van der Waals surface area contributed by atoms with Crippen molar-refractivity contribution in [1.82, 2.24) is 19.1 Å². The maximum atomic E-state index is 9.80. The van der Waals surface area contributed by atoms with Crippen LogP contribution in [0.15, 0.2) is 188 Å². The molecule has 3 aromatic heterocycles. The summed E-state index contributed by atoms with van der Waals surface area (Å²) in [5.74, 6) is 0.636. The molecule has 260 valence electrons. The Hall–Kier alpha value is -7.81. The van der Waals surface area contributed by atoms with Crippen molar-refractivity contribution < 1.29 is 0 Å². The standard InChI is InChI=1S/C51H31N5/c52-32-33-18-28-45-44(30-33)50(35-23-26-39(27-24-35)56-46-15-7-4-12-40(46)41-13-5-8-16-47(41)56)54-51(53-45)36-21-19-34(20-22-36)37-25-29-49-43(31-37)42-14-6-9-17-48(42)55(49)38-10-2-1-3-11-38/h1-31H. The molecule has 0 saturated carbocycles. The second-order valence-electron chi connectivity index (χ2n) is 14.2. The van der Waals surface area contributed by atoms with Crippen LogP contribution in [0.1, 0.15) is 5.56 Å². The van der Waals surface area contributed by atoms with Crippen LogP contribution in [0.2, 0.25) is 0 Å². The van der Waals surface area contributed by atoms with Crippen molar-refractivity contribution >= 4 is 54.5 Å². The van der Waals surface area contributed by atoms with Crippen molar-refractivity contribution in [3.05, 3.63) is 194 Å². The van der Waals surface area contributed by atoms with E-state index in [1.165, 1.54) is 32.6 Å². The molecule has 5 heteroatoms. The number of aromatic nitrogens is 4. The van der Waals surface area contributed by atoms with E-state index in [9.17, 15) is 5.26 Å². The van der Waals surface area contributed by atoms with Gasteiger partial charge >= 0.3 is 0 Å². The first kappa shape index (κ1) is 31.7. The topological polar surface area (TPSA) is 59.4 Å². The second-order valence-corrected chi connectivity index (χ2v) is 14.2. The Morgan fingerprint density at radius 3 is 1.54 bits per heavy atom. The van der Waals surface area contributed by atoms with Gasteiger partial charge in [0, 0.05) is 49.4 Å². The lowest BCUT2D eigenvalue weighted by atomic mass is 10.0. The third-order valence-electron chi connectivity index (χ3n) is 11.0. The zero-order chi connectivity index (χ0) is 37.2. The van der Waals surface area contributed by atoms with Crippen LogP contribution in [-0.4, -0.2) is 19.1 Å². The zero-order valence-electron chi connectivity index (χ0n) is 30.1. The molecule has 0 spiro atoms. The van der Waals surface area contributed by atoms with Gasteiger partial charge in [-0.3, -0.25) is 0 Å². The minimum Gasteiger partial charge on any atom is -0.309 e. The lowest BCUT2D eigenvalue weighted by molar-refractivity contribution is 1.18. The van der Waals surface area contributed by atoms with Crippen LogP contribution < -0.4 is 0 Å². The molecule has 0 aliphatic carbocycles. The van der Waals surface area contributed by atoms with Gasteiger partial charge in [-0.25, -0.2) is 9.97 Å². The van der Waals surface area contributed by atoms with Gasteiger partial charge in [-0.05, 0) is 83.9 Å². The first-order valence-corrected chi connectivity index (χ1v) is 18.7. The fourth-order valence-corrected chi connectivity index (χ4v) is 8.34. The molecule has 0 saturated heterocycles. The molecule has 0 unspecified atom stereocenters. The van der Waals surface area contributed by atoms with Gasteiger partial charge in [0.15, 0.2) is 5.82 Å². The van der Waals surface area contributed by atoms with E-state index >= 15 is 0 Å². The maximum Gasteiger partial charge on any atom is 0.160 e. The summed E-state index contributed by atoms with van der Waals surface area (Å²) < 4.78 is 4.65. The normalized spacial score (nSPS) is 11.6. The van der Waals surface area contributed by atoms with Crippen LogP contribution in [0.4, 0.5) is 0 Å². The Balaban J connectivity index is 0.988. The van der Waals surface area contributed by atoms with Gasteiger partial charge in [-0.2, -0.15) is 5.26 Å². The summed E-state index contributed by atoms with van der Waals surface area (Å²) in [7, 11) is 0. The number of para-hydroxylation sites is 4. The summed E-state index contributed by atoms with van der Waals surface area (Å²) >= 11 is 0. The van der Waals surface area contributed by atoms with Gasteiger partial charge in [-0.1, -0.05) is 115 Å². The fourth-order valence-electron chi connectivity index (χ4n) is 8.34. The molecule has 56 heavy (non-hydrogen) atoms. The van der Waals surface area contributed by atoms with Crippen molar-refractivity contribution in [2.24, 2.45) is 0 Å². The van der Waals surface area contributed by atoms with E-state index in [4.69, 9.17) is 9.97 Å². The van der Waals surface area contributed by atoms with E-state index in [0.717, 1.165) is 61.3 Å². The van der Waals surface area contributed by atoms with Crippen LogP contribution in [0.3, 0.4) is 0 Å². The van der Waals surface area contributed by atoms with Crippen LogP contribution in [0.25, 0.3) is 99.7 Å². The van der Waals surface area contributed by atoms with Crippen LogP contribution in [-0.2, 0) is 0 Å². The molecular formula is C51H31N5. The van der Waals surface area contributed by atoms with Gasteiger partial charge in [0.25, 0.3) is 0 Å². The first-order valence-electron chi connectivity index (χ1n) is 18.7. The number of hydrogen-bond acceptors (Lipinski definition) is 3. The summed E-state index contributed by atoms with van der Waals surface area (Å²) in [6.45, 7) is 0. The van der Waals surface area contributed by atoms with Gasteiger partial charge in [0.1, 0.15) is 0 Å². The third kappa shape index (κ3) is 5.01. The lowest BCUT2D eigenvalue weighted by Gasteiger charge is -2.12. The highest BCUT2D eigenvalue weighted by Crippen LogP contribution is 2.37. The van der Waals surface area contributed by atoms with Crippen molar-refractivity contribution in [3.8, 4) is 51.2 Å². The summed E-state index contributed by atoms with van der Waals surface area (Å²) in [4.78, 5) is 10.2. The third-order valence-corrected chi connectivity index (χ3v) is 11.0. The molecule has 0 radical (unpaired) electrons. The number of hydrogen-bond donors (Lipinski definition) is 0. The van der Waals surface area contributed by atoms with Crippen LogP contribution in [0, 0.1) is 11.3 Å². The monoisotopic (exact) mass is 713 g/mol. The highest BCUT2D eigenvalue weighted by molar-refractivity contribution is 6.11. The highest BCUT2D eigenvalue weighted by atomic mass is 15.0. The molecule has 0 N–H and O–H groups in total. The van der Waals surface area contributed by atoms with Crippen molar-refractivity contribution in [2.45, 2.75) is 0 Å². The second kappa shape index (κ2) is 12.7. The van der Waals surface area contributed by atoms with Crippen molar-refractivity contribution in [3.63, 3.8) is 0 Å². The van der Waals surface area contributed by atoms with E-state index in [0.29, 0.717) is 11.4 Å². The average molecular weight is 714 g/mol. The van der Waals surface area contributed by atoms with E-state index in [-0.39, 0.29) is 0 Å². The number of nitriles is 1. The van der Waals surface area contributed by atoms with Crippen molar-refractivity contribution in [1.29, 1.82) is 5.26 Å². The molecule has 8 aromatic carbocycles.